The number of para-hydroxylation sites is 1. The lowest BCUT2D eigenvalue weighted by Crippen LogP contribution is -2.27. The van der Waals surface area contributed by atoms with Crippen LogP contribution in [0.2, 0.25) is 0 Å². The van der Waals surface area contributed by atoms with Crippen molar-refractivity contribution in [3.8, 4) is 17.6 Å². The number of hydrogen-bond acceptors (Lipinski definition) is 3. The Kier molecular flexibility index (Phi) is 7.06. The van der Waals surface area contributed by atoms with Crippen molar-refractivity contribution in [2.45, 2.75) is 6.92 Å². The summed E-state index contributed by atoms with van der Waals surface area (Å²) in [5.41, 5.74) is 0. The van der Waals surface area contributed by atoms with Crippen LogP contribution in [0.15, 0.2) is 24.3 Å². The maximum Gasteiger partial charge on any atom is 0.246 e. The molecule has 4 nitrogen and oxygen atoms in total. The van der Waals surface area contributed by atoms with Gasteiger partial charge >= 0.3 is 0 Å². The lowest BCUT2D eigenvalue weighted by atomic mass is 10.3. The van der Waals surface area contributed by atoms with E-state index in [-0.39, 0.29) is 31.4 Å². The minimum Gasteiger partial charge on any atom is -0.478 e. The summed E-state index contributed by atoms with van der Waals surface area (Å²) >= 11 is 0. The van der Waals surface area contributed by atoms with Crippen molar-refractivity contribution in [3.05, 3.63) is 30.1 Å². The Morgan fingerprint density at radius 1 is 1.37 bits per heavy atom. The van der Waals surface area contributed by atoms with Gasteiger partial charge in [0, 0.05) is 6.61 Å². The van der Waals surface area contributed by atoms with Gasteiger partial charge in [0.15, 0.2) is 11.6 Å². The summed E-state index contributed by atoms with van der Waals surface area (Å²) in [6, 6.07) is 6.11. The van der Waals surface area contributed by atoms with Crippen LogP contribution in [0.1, 0.15) is 6.92 Å². The highest BCUT2D eigenvalue weighted by atomic mass is 19.1. The van der Waals surface area contributed by atoms with Gasteiger partial charge in [0.05, 0.1) is 6.54 Å². The number of carbonyl (C=O) groups is 1. The Labute approximate surface area is 111 Å². The zero-order valence-electron chi connectivity index (χ0n) is 10.7. The molecule has 0 fully saturated rings. The van der Waals surface area contributed by atoms with Crippen LogP contribution in [0, 0.1) is 17.7 Å². The molecule has 102 valence electrons. The summed E-state index contributed by atoms with van der Waals surface area (Å²) in [5.74, 6) is 4.90. The number of ether oxygens (including phenoxy) is 2. The summed E-state index contributed by atoms with van der Waals surface area (Å²) in [5, 5.41) is 2.56. The lowest BCUT2D eigenvalue weighted by molar-refractivity contribution is -0.125. The van der Waals surface area contributed by atoms with Crippen LogP contribution >= 0.6 is 0 Å². The highest BCUT2D eigenvalue weighted by molar-refractivity contribution is 5.77. The van der Waals surface area contributed by atoms with Crippen molar-refractivity contribution >= 4 is 5.91 Å². The molecular weight excluding hydrogens is 249 g/mol. The van der Waals surface area contributed by atoms with Crippen molar-refractivity contribution in [2.75, 3.05) is 26.4 Å². The summed E-state index contributed by atoms with van der Waals surface area (Å²) in [4.78, 5) is 11.1. The van der Waals surface area contributed by atoms with E-state index in [0.29, 0.717) is 6.61 Å². The number of amides is 1. The molecule has 0 aliphatic heterocycles. The highest BCUT2D eigenvalue weighted by Crippen LogP contribution is 2.14. The molecule has 0 saturated carbocycles. The Morgan fingerprint density at radius 3 is 2.89 bits per heavy atom. The van der Waals surface area contributed by atoms with Gasteiger partial charge in [-0.1, -0.05) is 24.0 Å². The Hall–Kier alpha value is -2.06. The van der Waals surface area contributed by atoms with Crippen LogP contribution in [-0.4, -0.2) is 32.3 Å². The fraction of sp³-hybridized carbons (Fsp3) is 0.357. The number of rotatable bonds is 6. The molecule has 0 unspecified atom stereocenters. The Morgan fingerprint density at radius 2 is 2.16 bits per heavy atom. The van der Waals surface area contributed by atoms with Crippen molar-refractivity contribution in [3.63, 3.8) is 0 Å². The summed E-state index contributed by atoms with van der Waals surface area (Å²) in [7, 11) is 0. The molecule has 0 spiro atoms. The molecule has 0 aliphatic carbocycles. The maximum atomic E-state index is 13.1. The van der Waals surface area contributed by atoms with Crippen molar-refractivity contribution < 1.29 is 18.7 Å². The van der Waals surface area contributed by atoms with Crippen LogP contribution in [0.25, 0.3) is 0 Å². The van der Waals surface area contributed by atoms with E-state index in [4.69, 9.17) is 9.47 Å². The second-order valence-corrected chi connectivity index (χ2v) is 3.49. The molecule has 1 aromatic carbocycles. The summed E-state index contributed by atoms with van der Waals surface area (Å²) < 4.78 is 23.2. The topological polar surface area (TPSA) is 47.6 Å². The SMILES string of the molecule is CCOCC(=O)NCC#CCOc1ccccc1F. The monoisotopic (exact) mass is 265 g/mol. The van der Waals surface area contributed by atoms with E-state index in [1.807, 2.05) is 6.92 Å². The molecule has 0 heterocycles. The average Bonchev–Trinajstić information content (AvgIpc) is 2.42. The molecule has 0 aromatic heterocycles. The lowest BCUT2D eigenvalue weighted by Gasteiger charge is -2.02. The molecule has 0 saturated heterocycles. The first-order valence-corrected chi connectivity index (χ1v) is 5.91. The number of hydrogen-bond donors (Lipinski definition) is 1. The second kappa shape index (κ2) is 8.95. The van der Waals surface area contributed by atoms with Crippen LogP contribution in [-0.2, 0) is 9.53 Å². The van der Waals surface area contributed by atoms with E-state index < -0.39 is 5.82 Å². The Balaban J connectivity index is 2.18. The predicted octanol–water partition coefficient (Wildman–Crippen LogP) is 1.36. The number of carbonyl (C=O) groups excluding carboxylic acids is 1. The molecule has 0 radical (unpaired) electrons. The van der Waals surface area contributed by atoms with Gasteiger partial charge < -0.3 is 14.8 Å². The third-order valence-electron chi connectivity index (χ3n) is 2.07. The van der Waals surface area contributed by atoms with Gasteiger partial charge in [-0.25, -0.2) is 4.39 Å². The maximum absolute atomic E-state index is 13.1. The van der Waals surface area contributed by atoms with Gasteiger partial charge in [-0.05, 0) is 19.1 Å². The third-order valence-corrected chi connectivity index (χ3v) is 2.07. The van der Waals surface area contributed by atoms with Crippen LogP contribution in [0.4, 0.5) is 4.39 Å². The second-order valence-electron chi connectivity index (χ2n) is 3.49. The number of halogens is 1. The zero-order chi connectivity index (χ0) is 13.9. The Bertz CT molecular complexity index is 465. The quantitative estimate of drug-likeness (QED) is 0.790. The number of benzene rings is 1. The standard InChI is InChI=1S/C14H16FNO3/c1-2-18-11-14(17)16-9-5-6-10-19-13-8-4-3-7-12(13)15/h3-4,7-8H,2,9-11H2,1H3,(H,16,17). The molecule has 1 aromatic rings. The van der Waals surface area contributed by atoms with Gasteiger partial charge in [-0.2, -0.15) is 0 Å². The van der Waals surface area contributed by atoms with E-state index in [1.54, 1.807) is 12.1 Å². The van der Waals surface area contributed by atoms with Crippen molar-refractivity contribution in [2.24, 2.45) is 0 Å². The fourth-order valence-corrected chi connectivity index (χ4v) is 1.18. The first-order valence-electron chi connectivity index (χ1n) is 5.91. The summed E-state index contributed by atoms with van der Waals surface area (Å²) in [6.45, 7) is 2.63. The first kappa shape index (κ1) is 15.0. The molecule has 1 N–H and O–H groups in total. The molecule has 5 heteroatoms. The smallest absolute Gasteiger partial charge is 0.246 e. The van der Waals surface area contributed by atoms with Gasteiger partial charge in [0.2, 0.25) is 5.91 Å². The molecule has 0 atom stereocenters. The number of nitrogens with one attached hydrogen (secondary N) is 1. The summed E-state index contributed by atoms with van der Waals surface area (Å²) in [6.07, 6.45) is 0. The predicted molar refractivity (Wildman–Crippen MR) is 69.2 cm³/mol. The molecule has 0 aliphatic rings. The van der Waals surface area contributed by atoms with E-state index in [0.717, 1.165) is 0 Å². The largest absolute Gasteiger partial charge is 0.478 e. The third kappa shape index (κ3) is 6.43. The first-order chi connectivity index (χ1) is 9.24. The molecule has 19 heavy (non-hydrogen) atoms. The van der Waals surface area contributed by atoms with Gasteiger partial charge in [0.25, 0.3) is 0 Å². The van der Waals surface area contributed by atoms with Crippen molar-refractivity contribution in [1.29, 1.82) is 0 Å². The van der Waals surface area contributed by atoms with Crippen LogP contribution < -0.4 is 10.1 Å². The minimum absolute atomic E-state index is 0.0317. The van der Waals surface area contributed by atoms with Crippen molar-refractivity contribution in [1.82, 2.24) is 5.32 Å². The highest BCUT2D eigenvalue weighted by Gasteiger charge is 1.99. The average molecular weight is 265 g/mol. The van der Waals surface area contributed by atoms with E-state index in [9.17, 15) is 9.18 Å². The van der Waals surface area contributed by atoms with E-state index >= 15 is 0 Å². The molecule has 1 rings (SSSR count). The van der Waals surface area contributed by atoms with E-state index in [2.05, 4.69) is 17.2 Å². The fourth-order valence-electron chi connectivity index (χ4n) is 1.18. The normalized spacial score (nSPS) is 9.37. The molecule has 0 bridgehead atoms. The van der Waals surface area contributed by atoms with Gasteiger partial charge in [0.1, 0.15) is 13.2 Å². The molecule has 1 amide bonds. The van der Waals surface area contributed by atoms with Crippen LogP contribution in [0.3, 0.4) is 0 Å². The van der Waals surface area contributed by atoms with Crippen LogP contribution in [0.5, 0.6) is 5.75 Å². The van der Waals surface area contributed by atoms with E-state index in [1.165, 1.54) is 12.1 Å². The van der Waals surface area contributed by atoms with Gasteiger partial charge in [-0.15, -0.1) is 0 Å². The van der Waals surface area contributed by atoms with Gasteiger partial charge in [-0.3, -0.25) is 4.79 Å². The molecular formula is C14H16FNO3. The zero-order valence-corrected chi connectivity index (χ0v) is 10.7. The minimum atomic E-state index is -0.422.